The summed E-state index contributed by atoms with van der Waals surface area (Å²) in [5.74, 6) is -0.819. The van der Waals surface area contributed by atoms with Crippen LogP contribution in [-0.2, 0) is 9.59 Å². The van der Waals surface area contributed by atoms with E-state index in [-0.39, 0.29) is 18.4 Å². The van der Waals surface area contributed by atoms with Crippen LogP contribution in [0.5, 0.6) is 0 Å². The molecule has 0 fully saturated rings. The van der Waals surface area contributed by atoms with Crippen molar-refractivity contribution in [3.63, 3.8) is 0 Å². The van der Waals surface area contributed by atoms with Crippen molar-refractivity contribution in [2.75, 3.05) is 6.54 Å². The van der Waals surface area contributed by atoms with Crippen LogP contribution in [-0.4, -0.2) is 28.7 Å². The molecule has 0 bridgehead atoms. The van der Waals surface area contributed by atoms with Crippen LogP contribution in [0.1, 0.15) is 6.92 Å². The molecule has 0 aromatic heterocycles. The molecule has 7 heteroatoms. The molecule has 1 aliphatic rings. The fourth-order valence-corrected chi connectivity index (χ4v) is 0.745. The van der Waals surface area contributed by atoms with Gasteiger partial charge in [0.05, 0.1) is 0 Å². The number of rotatable bonds is 1. The van der Waals surface area contributed by atoms with Crippen LogP contribution in [0, 0.1) is 0 Å². The SMILES string of the molecule is CC(Cl)(Cl)C(=O)NC1=NCC(=O)N1. The Morgan fingerprint density at radius 2 is 2.31 bits per heavy atom. The average Bonchev–Trinajstić information content (AvgIpc) is 2.33. The summed E-state index contributed by atoms with van der Waals surface area (Å²) in [4.78, 5) is 25.4. The molecule has 0 aromatic rings. The number of guanidine groups is 1. The Hall–Kier alpha value is -0.810. The van der Waals surface area contributed by atoms with Gasteiger partial charge in [0.1, 0.15) is 6.54 Å². The third-order valence-electron chi connectivity index (χ3n) is 1.27. The zero-order valence-corrected chi connectivity index (χ0v) is 8.24. The number of hydrogen-bond donors (Lipinski definition) is 2. The van der Waals surface area contributed by atoms with Gasteiger partial charge in [0.25, 0.3) is 5.91 Å². The number of amides is 2. The fourth-order valence-electron chi connectivity index (χ4n) is 0.650. The summed E-state index contributed by atoms with van der Waals surface area (Å²) in [5.41, 5.74) is 0. The standard InChI is InChI=1S/C6H7Cl2N3O2/c1-6(7,8)4(13)11-5-9-2-3(12)10-5/h2H2,1H3,(H2,9,10,11,12,13). The molecule has 13 heavy (non-hydrogen) atoms. The van der Waals surface area contributed by atoms with E-state index in [4.69, 9.17) is 23.2 Å². The molecule has 5 nitrogen and oxygen atoms in total. The zero-order valence-electron chi connectivity index (χ0n) is 6.73. The van der Waals surface area contributed by atoms with Crippen molar-refractivity contribution in [2.24, 2.45) is 4.99 Å². The first kappa shape index (κ1) is 10.3. The molecule has 2 amide bonds. The third-order valence-corrected chi connectivity index (χ3v) is 1.61. The largest absolute Gasteiger partial charge is 0.295 e. The summed E-state index contributed by atoms with van der Waals surface area (Å²) in [6, 6.07) is 0. The number of carbonyl (C=O) groups excluding carboxylic acids is 2. The maximum absolute atomic E-state index is 11.1. The molecule has 2 N–H and O–H groups in total. The number of nitrogens with zero attached hydrogens (tertiary/aromatic N) is 1. The van der Waals surface area contributed by atoms with E-state index in [0.29, 0.717) is 0 Å². The van der Waals surface area contributed by atoms with Crippen LogP contribution in [0.3, 0.4) is 0 Å². The van der Waals surface area contributed by atoms with Gasteiger partial charge in [-0.3, -0.25) is 20.2 Å². The summed E-state index contributed by atoms with van der Waals surface area (Å²) < 4.78 is -1.53. The minimum atomic E-state index is -1.53. The van der Waals surface area contributed by atoms with Crippen molar-refractivity contribution in [3.05, 3.63) is 0 Å². The van der Waals surface area contributed by atoms with Crippen molar-refractivity contribution in [1.29, 1.82) is 0 Å². The maximum atomic E-state index is 11.1. The highest BCUT2D eigenvalue weighted by Gasteiger charge is 2.29. The van der Waals surface area contributed by atoms with E-state index in [1.807, 2.05) is 0 Å². The molecule has 0 unspecified atom stereocenters. The van der Waals surface area contributed by atoms with Crippen LogP contribution >= 0.6 is 23.2 Å². The normalized spacial score (nSPS) is 16.5. The molecule has 1 aliphatic heterocycles. The number of nitrogens with one attached hydrogen (secondary N) is 2. The Bertz CT molecular complexity index is 282. The highest BCUT2D eigenvalue weighted by molar-refractivity contribution is 6.58. The number of aliphatic imine (C=N–C) groups is 1. The quantitative estimate of drug-likeness (QED) is 0.604. The molecule has 0 aromatic carbocycles. The van der Waals surface area contributed by atoms with Gasteiger partial charge in [0.2, 0.25) is 11.9 Å². The molecular weight excluding hydrogens is 217 g/mol. The second-order valence-corrected chi connectivity index (χ2v) is 4.26. The summed E-state index contributed by atoms with van der Waals surface area (Å²) in [7, 11) is 0. The molecule has 0 radical (unpaired) electrons. The van der Waals surface area contributed by atoms with Crippen LogP contribution in [0.15, 0.2) is 4.99 Å². The van der Waals surface area contributed by atoms with Crippen molar-refractivity contribution >= 4 is 41.0 Å². The first-order chi connectivity index (χ1) is 5.89. The van der Waals surface area contributed by atoms with E-state index >= 15 is 0 Å². The second kappa shape index (κ2) is 3.51. The topological polar surface area (TPSA) is 70.6 Å². The fraction of sp³-hybridized carbons (Fsp3) is 0.500. The predicted octanol–water partition coefficient (Wildman–Crippen LogP) is -0.218. The molecule has 0 aliphatic carbocycles. The highest BCUT2D eigenvalue weighted by Crippen LogP contribution is 2.19. The van der Waals surface area contributed by atoms with E-state index in [9.17, 15) is 9.59 Å². The Balaban J connectivity index is 2.51. The van der Waals surface area contributed by atoms with Gasteiger partial charge in [-0.2, -0.15) is 0 Å². The van der Waals surface area contributed by atoms with E-state index in [2.05, 4.69) is 15.6 Å². The Morgan fingerprint density at radius 3 is 2.69 bits per heavy atom. The third kappa shape index (κ3) is 2.86. The first-order valence-electron chi connectivity index (χ1n) is 3.43. The van der Waals surface area contributed by atoms with Gasteiger partial charge in [-0.15, -0.1) is 0 Å². The lowest BCUT2D eigenvalue weighted by Crippen LogP contribution is -2.45. The van der Waals surface area contributed by atoms with Gasteiger partial charge >= 0.3 is 0 Å². The van der Waals surface area contributed by atoms with Crippen molar-refractivity contribution in [1.82, 2.24) is 10.6 Å². The summed E-state index contributed by atoms with van der Waals surface area (Å²) in [6.45, 7) is 1.33. The number of alkyl halides is 2. The lowest BCUT2D eigenvalue weighted by atomic mass is 10.4. The Morgan fingerprint density at radius 1 is 1.69 bits per heavy atom. The molecule has 72 valence electrons. The first-order valence-corrected chi connectivity index (χ1v) is 4.19. The summed E-state index contributed by atoms with van der Waals surface area (Å²) in [5, 5.41) is 4.58. The van der Waals surface area contributed by atoms with Gasteiger partial charge in [-0.25, -0.2) is 4.99 Å². The molecule has 0 saturated heterocycles. The van der Waals surface area contributed by atoms with Crippen LogP contribution < -0.4 is 10.6 Å². The van der Waals surface area contributed by atoms with Crippen molar-refractivity contribution < 1.29 is 9.59 Å². The molecular formula is C6H7Cl2N3O2. The lowest BCUT2D eigenvalue weighted by Gasteiger charge is -2.12. The minimum Gasteiger partial charge on any atom is -0.295 e. The van der Waals surface area contributed by atoms with Crippen molar-refractivity contribution in [3.8, 4) is 0 Å². The van der Waals surface area contributed by atoms with Crippen LogP contribution in [0.2, 0.25) is 0 Å². The molecule has 0 saturated carbocycles. The van der Waals surface area contributed by atoms with Gasteiger partial charge in [0.15, 0.2) is 4.33 Å². The van der Waals surface area contributed by atoms with E-state index in [1.165, 1.54) is 6.92 Å². The second-order valence-electron chi connectivity index (χ2n) is 2.56. The van der Waals surface area contributed by atoms with Gasteiger partial charge < -0.3 is 0 Å². The molecule has 1 rings (SSSR count). The van der Waals surface area contributed by atoms with Gasteiger partial charge in [0, 0.05) is 0 Å². The molecule has 0 spiro atoms. The monoisotopic (exact) mass is 223 g/mol. The number of carbonyl (C=O) groups is 2. The van der Waals surface area contributed by atoms with E-state index in [1.54, 1.807) is 0 Å². The highest BCUT2D eigenvalue weighted by atomic mass is 35.5. The van der Waals surface area contributed by atoms with E-state index < -0.39 is 10.2 Å². The lowest BCUT2D eigenvalue weighted by molar-refractivity contribution is -0.120. The number of halogens is 2. The minimum absolute atomic E-state index is 0.0108. The van der Waals surface area contributed by atoms with Crippen LogP contribution in [0.4, 0.5) is 0 Å². The Labute approximate surface area is 84.5 Å². The smallest absolute Gasteiger partial charge is 0.262 e. The van der Waals surface area contributed by atoms with Crippen LogP contribution in [0.25, 0.3) is 0 Å². The Kier molecular flexibility index (Phi) is 2.77. The summed E-state index contributed by atoms with van der Waals surface area (Å²) >= 11 is 11.0. The van der Waals surface area contributed by atoms with Crippen molar-refractivity contribution in [2.45, 2.75) is 11.3 Å². The zero-order chi connectivity index (χ0) is 10.1. The maximum Gasteiger partial charge on any atom is 0.262 e. The van der Waals surface area contributed by atoms with E-state index in [0.717, 1.165) is 0 Å². The molecule has 1 heterocycles. The molecule has 0 atom stereocenters. The van der Waals surface area contributed by atoms with Gasteiger partial charge in [-0.05, 0) is 6.92 Å². The average molecular weight is 224 g/mol. The number of hydrogen-bond acceptors (Lipinski definition) is 3. The predicted molar refractivity (Wildman–Crippen MR) is 48.7 cm³/mol. The van der Waals surface area contributed by atoms with Gasteiger partial charge in [-0.1, -0.05) is 23.2 Å². The summed E-state index contributed by atoms with van der Waals surface area (Å²) in [6.07, 6.45) is 0.